The Labute approximate surface area is 198 Å². The molecule has 2 fully saturated rings. The van der Waals surface area contributed by atoms with Gasteiger partial charge in [-0.3, -0.25) is 4.79 Å². The summed E-state index contributed by atoms with van der Waals surface area (Å²) in [4.78, 5) is 19.7. The summed E-state index contributed by atoms with van der Waals surface area (Å²) in [6.45, 7) is 7.07. The van der Waals surface area contributed by atoms with Crippen LogP contribution in [0.1, 0.15) is 44.0 Å². The first-order chi connectivity index (χ1) is 15.9. The molecular weight excluding hydrogens is 464 g/mol. The Kier molecular flexibility index (Phi) is 6.38. The number of aromatic nitrogens is 1. The molecule has 1 unspecified atom stereocenters. The van der Waals surface area contributed by atoms with E-state index in [0.717, 1.165) is 22.9 Å². The molecule has 2 aliphatic rings. The first kappa shape index (κ1) is 24.5. The van der Waals surface area contributed by atoms with Gasteiger partial charge in [-0.15, -0.1) is 0 Å². The van der Waals surface area contributed by atoms with Crippen LogP contribution in [0.5, 0.6) is 0 Å². The van der Waals surface area contributed by atoms with E-state index in [2.05, 4.69) is 16.6 Å². The number of hydrogen-bond acceptors (Lipinski definition) is 6. The molecule has 8 nitrogen and oxygen atoms in total. The number of pyridine rings is 1. The SMILES string of the molecule is CC1CCN(c2nc(-c3ccc(F)cc3F)ccc2C(=O)NS(=O)(=O)N2CC[C@H](N)C2)C1(C)C. The second-order valence-corrected chi connectivity index (χ2v) is 11.2. The molecule has 0 bridgehead atoms. The highest BCUT2D eigenvalue weighted by Crippen LogP contribution is 2.39. The molecule has 2 aromatic rings. The molecule has 184 valence electrons. The van der Waals surface area contributed by atoms with E-state index in [-0.39, 0.29) is 53.2 Å². The summed E-state index contributed by atoms with van der Waals surface area (Å²) < 4.78 is 56.7. The number of rotatable bonds is 5. The van der Waals surface area contributed by atoms with Gasteiger partial charge in [0, 0.05) is 42.8 Å². The topological polar surface area (TPSA) is 109 Å². The molecule has 3 N–H and O–H groups in total. The standard InChI is InChI=1S/C23H29F2N5O3S/c1-14-8-11-30(23(14,2)3)21-18(22(31)28-34(32,33)29-10-9-16(26)13-29)6-7-20(27-21)17-5-4-15(24)12-19(17)25/h4-7,12,14,16H,8-11,13,26H2,1-3H3,(H,28,31)/t14?,16-/m0/s1. The Hall–Kier alpha value is -2.63. The molecule has 3 heterocycles. The van der Waals surface area contributed by atoms with Crippen LogP contribution in [-0.2, 0) is 10.2 Å². The zero-order chi connectivity index (χ0) is 24.8. The van der Waals surface area contributed by atoms with Crippen LogP contribution in [0.25, 0.3) is 11.3 Å². The van der Waals surface area contributed by atoms with Crippen LogP contribution in [0.2, 0.25) is 0 Å². The van der Waals surface area contributed by atoms with Gasteiger partial charge in [-0.05, 0) is 56.9 Å². The van der Waals surface area contributed by atoms with Gasteiger partial charge in [0.2, 0.25) is 0 Å². The predicted molar refractivity (Wildman–Crippen MR) is 125 cm³/mol. The Bertz CT molecular complexity index is 1220. The number of hydrogen-bond donors (Lipinski definition) is 2. The maximum Gasteiger partial charge on any atom is 0.304 e. The molecule has 2 atom stereocenters. The molecule has 2 saturated heterocycles. The Balaban J connectivity index is 1.75. The van der Waals surface area contributed by atoms with Gasteiger partial charge < -0.3 is 10.6 Å². The number of amides is 1. The highest BCUT2D eigenvalue weighted by Gasteiger charge is 2.41. The van der Waals surface area contributed by atoms with Gasteiger partial charge in [-0.2, -0.15) is 12.7 Å². The summed E-state index contributed by atoms with van der Waals surface area (Å²) in [5, 5.41) is 0. The number of carbonyl (C=O) groups excluding carboxylic acids is 1. The van der Waals surface area contributed by atoms with E-state index < -0.39 is 27.8 Å². The van der Waals surface area contributed by atoms with Crippen LogP contribution < -0.4 is 15.4 Å². The lowest BCUT2D eigenvalue weighted by atomic mass is 9.90. The number of halogens is 2. The van der Waals surface area contributed by atoms with Crippen LogP contribution >= 0.6 is 0 Å². The summed E-state index contributed by atoms with van der Waals surface area (Å²) in [6.07, 6.45) is 1.36. The molecule has 1 amide bonds. The van der Waals surface area contributed by atoms with E-state index in [1.54, 1.807) is 0 Å². The van der Waals surface area contributed by atoms with Crippen LogP contribution in [0, 0.1) is 17.6 Å². The molecule has 11 heteroatoms. The minimum absolute atomic E-state index is 0.0560. The monoisotopic (exact) mass is 493 g/mol. The zero-order valence-corrected chi connectivity index (χ0v) is 20.2. The van der Waals surface area contributed by atoms with Crippen LogP contribution in [0.15, 0.2) is 30.3 Å². The smallest absolute Gasteiger partial charge is 0.304 e. The number of nitrogens with zero attached hydrogens (tertiary/aromatic N) is 3. The lowest BCUT2D eigenvalue weighted by Gasteiger charge is -2.36. The van der Waals surface area contributed by atoms with E-state index in [4.69, 9.17) is 5.73 Å². The number of nitrogens with one attached hydrogen (secondary N) is 1. The Morgan fingerprint density at radius 1 is 1.18 bits per heavy atom. The number of anilines is 1. The maximum absolute atomic E-state index is 14.5. The van der Waals surface area contributed by atoms with Crippen molar-refractivity contribution in [3.05, 3.63) is 47.5 Å². The fourth-order valence-electron chi connectivity index (χ4n) is 4.50. The largest absolute Gasteiger partial charge is 0.351 e. The molecule has 0 saturated carbocycles. The van der Waals surface area contributed by atoms with Crippen LogP contribution in [-0.4, -0.2) is 54.8 Å². The molecule has 1 aromatic heterocycles. The first-order valence-corrected chi connectivity index (χ1v) is 12.7. The van der Waals surface area contributed by atoms with Gasteiger partial charge >= 0.3 is 10.2 Å². The minimum atomic E-state index is -4.09. The summed E-state index contributed by atoms with van der Waals surface area (Å²) in [5.74, 6) is -1.80. The van der Waals surface area contributed by atoms with Crippen molar-refractivity contribution in [2.75, 3.05) is 24.5 Å². The second kappa shape index (κ2) is 8.86. The van der Waals surface area contributed by atoms with E-state index >= 15 is 0 Å². The van der Waals surface area contributed by atoms with E-state index in [1.165, 1.54) is 18.2 Å². The number of nitrogens with two attached hydrogens (primary N) is 1. The van der Waals surface area contributed by atoms with E-state index in [1.807, 2.05) is 18.7 Å². The zero-order valence-electron chi connectivity index (χ0n) is 19.4. The van der Waals surface area contributed by atoms with Crippen LogP contribution in [0.4, 0.5) is 14.6 Å². The quantitative estimate of drug-likeness (QED) is 0.663. The fourth-order valence-corrected chi connectivity index (χ4v) is 5.70. The molecular formula is C23H29F2N5O3S. The Morgan fingerprint density at radius 3 is 2.50 bits per heavy atom. The number of carbonyl (C=O) groups is 1. The average Bonchev–Trinajstić information content (AvgIpc) is 3.31. The van der Waals surface area contributed by atoms with Gasteiger partial charge in [0.15, 0.2) is 0 Å². The van der Waals surface area contributed by atoms with Gasteiger partial charge in [-0.25, -0.2) is 18.5 Å². The summed E-state index contributed by atoms with van der Waals surface area (Å²) in [7, 11) is -4.09. The van der Waals surface area contributed by atoms with Crippen molar-refractivity contribution in [3.63, 3.8) is 0 Å². The van der Waals surface area contributed by atoms with Gasteiger partial charge in [0.05, 0.1) is 11.3 Å². The minimum Gasteiger partial charge on any atom is -0.351 e. The van der Waals surface area contributed by atoms with Crippen molar-refractivity contribution in [3.8, 4) is 11.3 Å². The lowest BCUT2D eigenvalue weighted by molar-refractivity contribution is 0.0979. The fraction of sp³-hybridized carbons (Fsp3) is 0.478. The summed E-state index contributed by atoms with van der Waals surface area (Å²) >= 11 is 0. The summed E-state index contributed by atoms with van der Waals surface area (Å²) in [6, 6.07) is 5.78. The highest BCUT2D eigenvalue weighted by atomic mass is 32.2. The predicted octanol–water partition coefficient (Wildman–Crippen LogP) is 2.66. The molecule has 34 heavy (non-hydrogen) atoms. The van der Waals surface area contributed by atoms with Gasteiger partial charge in [0.1, 0.15) is 17.5 Å². The second-order valence-electron chi connectivity index (χ2n) is 9.53. The molecule has 1 aromatic carbocycles. The van der Waals surface area contributed by atoms with Crippen LogP contribution in [0.3, 0.4) is 0 Å². The average molecular weight is 494 g/mol. The van der Waals surface area contributed by atoms with Crippen molar-refractivity contribution >= 4 is 21.9 Å². The van der Waals surface area contributed by atoms with Crippen molar-refractivity contribution in [2.45, 2.75) is 45.2 Å². The first-order valence-electron chi connectivity index (χ1n) is 11.2. The third-order valence-electron chi connectivity index (χ3n) is 7.02. The number of benzene rings is 1. The molecule has 0 aliphatic carbocycles. The summed E-state index contributed by atoms with van der Waals surface area (Å²) in [5.41, 5.74) is 5.78. The van der Waals surface area contributed by atoms with E-state index in [9.17, 15) is 22.0 Å². The van der Waals surface area contributed by atoms with Gasteiger partial charge in [-0.1, -0.05) is 6.92 Å². The highest BCUT2D eigenvalue weighted by molar-refractivity contribution is 7.87. The lowest BCUT2D eigenvalue weighted by Crippen LogP contribution is -2.45. The maximum atomic E-state index is 14.5. The van der Waals surface area contributed by atoms with Crippen molar-refractivity contribution in [1.82, 2.24) is 14.0 Å². The molecule has 2 aliphatic heterocycles. The third-order valence-corrected chi connectivity index (χ3v) is 8.47. The third kappa shape index (κ3) is 4.51. The van der Waals surface area contributed by atoms with Crippen molar-refractivity contribution < 1.29 is 22.0 Å². The molecule has 0 spiro atoms. The van der Waals surface area contributed by atoms with Gasteiger partial charge in [0.25, 0.3) is 5.91 Å². The molecule has 4 rings (SSSR count). The normalized spacial score (nSPS) is 22.8. The van der Waals surface area contributed by atoms with Crippen molar-refractivity contribution in [1.29, 1.82) is 0 Å². The Morgan fingerprint density at radius 2 is 1.91 bits per heavy atom. The molecule has 0 radical (unpaired) electrons. The van der Waals surface area contributed by atoms with E-state index in [0.29, 0.717) is 13.0 Å². The van der Waals surface area contributed by atoms with Crippen molar-refractivity contribution in [2.24, 2.45) is 11.7 Å².